The Balaban J connectivity index is 1.50. The van der Waals surface area contributed by atoms with Crippen molar-refractivity contribution in [1.82, 2.24) is 0 Å². The first-order valence-electron chi connectivity index (χ1n) is 11.9. The summed E-state index contributed by atoms with van der Waals surface area (Å²) in [6.07, 6.45) is 6.01. The number of hydrogen-bond donors (Lipinski definition) is 5. The van der Waals surface area contributed by atoms with Gasteiger partial charge in [0, 0.05) is 23.3 Å². The zero-order valence-electron chi connectivity index (χ0n) is 18.6. The van der Waals surface area contributed by atoms with Crippen LogP contribution in [0.15, 0.2) is 11.6 Å². The molecule has 9 nitrogen and oxygen atoms in total. The van der Waals surface area contributed by atoms with Gasteiger partial charge in [-0.3, -0.25) is 0 Å². The highest BCUT2D eigenvalue weighted by atomic mass is 17.1. The van der Waals surface area contributed by atoms with Gasteiger partial charge in [0.2, 0.25) is 0 Å². The van der Waals surface area contributed by atoms with Crippen LogP contribution in [0.4, 0.5) is 0 Å². The smallest absolute Gasteiger partial charge is 0.331 e. The molecule has 5 aliphatic rings. The van der Waals surface area contributed by atoms with Crippen LogP contribution in [0, 0.1) is 33.8 Å². The summed E-state index contributed by atoms with van der Waals surface area (Å²) < 4.78 is 5.16. The minimum Gasteiger partial charge on any atom is -0.566 e. The molecule has 9 atom stereocenters. The highest BCUT2D eigenvalue weighted by Crippen LogP contribution is 2.70. The maximum Gasteiger partial charge on any atom is 0.331 e. The predicted octanol–water partition coefficient (Wildman–Crippen LogP) is 0.403. The fourth-order valence-corrected chi connectivity index (χ4v) is 8.68. The van der Waals surface area contributed by atoms with Crippen LogP contribution in [-0.2, 0) is 14.4 Å². The van der Waals surface area contributed by atoms with E-state index in [9.17, 15) is 30.5 Å². The molecule has 4 aliphatic carbocycles. The highest BCUT2D eigenvalue weighted by molar-refractivity contribution is 5.85. The average Bonchev–Trinajstić information content (AvgIpc) is 3.26. The van der Waals surface area contributed by atoms with Gasteiger partial charge in [-0.05, 0) is 74.7 Å². The zero-order valence-corrected chi connectivity index (χ0v) is 18.6. The monoisotopic (exact) mass is 453 g/mol. The average molecular weight is 454 g/mol. The molecule has 180 valence electrons. The van der Waals surface area contributed by atoms with Crippen molar-refractivity contribution in [1.29, 1.82) is 0 Å². The number of aliphatic hydroxyl groups excluding tert-OH is 1. The van der Waals surface area contributed by atoms with Crippen molar-refractivity contribution in [3.8, 4) is 0 Å². The molecule has 9 unspecified atom stereocenters. The lowest BCUT2D eigenvalue weighted by molar-refractivity contribution is -1.21. The Bertz CT molecular complexity index is 818. The number of carbonyl (C=O) groups is 1. The number of carbonyl (C=O) groups excluding carboxylic acids is 1. The number of fused-ring (bicyclic) bond motifs is 5. The minimum atomic E-state index is -1.37. The number of cyclic esters (lactones) is 1. The van der Waals surface area contributed by atoms with Crippen LogP contribution in [-0.4, -0.2) is 57.0 Å². The van der Waals surface area contributed by atoms with Crippen molar-refractivity contribution < 1.29 is 40.3 Å². The molecule has 0 amide bonds. The Morgan fingerprint density at radius 1 is 1.16 bits per heavy atom. The Hall–Kier alpha value is -1.07. The molecule has 0 spiro atoms. The second kappa shape index (κ2) is 7.46. The lowest BCUT2D eigenvalue weighted by Gasteiger charge is -2.66. The Morgan fingerprint density at radius 3 is 2.59 bits per heavy atom. The predicted molar refractivity (Wildman–Crippen MR) is 110 cm³/mol. The van der Waals surface area contributed by atoms with E-state index in [4.69, 9.17) is 9.57 Å². The Labute approximate surface area is 187 Å². The van der Waals surface area contributed by atoms with Crippen LogP contribution in [0.2, 0.25) is 0 Å². The van der Waals surface area contributed by atoms with E-state index in [1.54, 1.807) is 6.08 Å². The normalized spacial score (nSPS) is 51.3. The second-order valence-electron chi connectivity index (χ2n) is 11.2. The second-order valence-corrected chi connectivity index (χ2v) is 11.2. The number of esters is 1. The largest absolute Gasteiger partial charge is 0.566 e. The molecule has 0 aromatic rings. The van der Waals surface area contributed by atoms with Crippen molar-refractivity contribution in [2.75, 3.05) is 13.2 Å². The molecule has 5 N–H and O–H groups in total. The molecule has 1 aliphatic heterocycles. The molecule has 0 aromatic carbocycles. The van der Waals surface area contributed by atoms with E-state index in [0.29, 0.717) is 38.5 Å². The standard InChI is InChI=1S/C23H35NO8/c1-20-6-3-17-18(23(20,28)9-5-16(20)14-10-19(26)31-12-14)4-8-22(27)11-15(25)2-7-21(17,22)13-32-24(29)30/h10,15-18,24-25,27-29H,2-9,11-13H2,1H3. The van der Waals surface area contributed by atoms with Gasteiger partial charge in [-0.25, -0.2) is 4.79 Å². The highest BCUT2D eigenvalue weighted by Gasteiger charge is 2.71. The minimum absolute atomic E-state index is 0.0695. The van der Waals surface area contributed by atoms with Crippen LogP contribution in [0.5, 0.6) is 0 Å². The summed E-state index contributed by atoms with van der Waals surface area (Å²) in [5.41, 5.74) is -2.44. The van der Waals surface area contributed by atoms with Gasteiger partial charge in [-0.1, -0.05) is 12.3 Å². The van der Waals surface area contributed by atoms with Gasteiger partial charge >= 0.3 is 5.97 Å². The van der Waals surface area contributed by atoms with E-state index in [2.05, 4.69) is 6.92 Å². The van der Waals surface area contributed by atoms with Crippen LogP contribution < -0.4 is 5.39 Å². The van der Waals surface area contributed by atoms with Crippen LogP contribution >= 0.6 is 0 Å². The van der Waals surface area contributed by atoms with E-state index >= 15 is 0 Å². The molecule has 0 bridgehead atoms. The van der Waals surface area contributed by atoms with Crippen LogP contribution in [0.3, 0.4) is 0 Å². The molecular weight excluding hydrogens is 418 g/mol. The van der Waals surface area contributed by atoms with E-state index in [1.165, 1.54) is 0 Å². The fraction of sp³-hybridized carbons (Fsp3) is 0.870. The first-order chi connectivity index (χ1) is 15.0. The molecule has 32 heavy (non-hydrogen) atoms. The third kappa shape index (κ3) is 2.99. The van der Waals surface area contributed by atoms with Crippen LogP contribution in [0.1, 0.15) is 64.7 Å². The summed E-state index contributed by atoms with van der Waals surface area (Å²) in [6.45, 7) is 2.30. The molecule has 4 fully saturated rings. The topological polar surface area (TPSA) is 144 Å². The molecule has 5 rings (SSSR count). The molecule has 4 saturated carbocycles. The third-order valence-corrected chi connectivity index (χ3v) is 10.2. The van der Waals surface area contributed by atoms with E-state index in [1.807, 2.05) is 0 Å². The third-order valence-electron chi connectivity index (χ3n) is 10.2. The summed E-state index contributed by atoms with van der Waals surface area (Å²) in [6, 6.07) is 0. The van der Waals surface area contributed by atoms with Gasteiger partial charge in [0.15, 0.2) is 0 Å². The molecule has 0 saturated heterocycles. The number of aliphatic hydroxyl groups is 3. The SMILES string of the molecule is CC12CCC3C(CCC4(O)CC(O)CCC34CO[NH+]([O-])O)C1(O)CCC2C1=CC(=O)OC1. The van der Waals surface area contributed by atoms with Crippen molar-refractivity contribution in [3.05, 3.63) is 16.9 Å². The number of nitrogens with one attached hydrogen (secondary N) is 1. The molecule has 0 radical (unpaired) electrons. The Kier molecular flexibility index (Phi) is 5.30. The number of hydrogen-bond acceptors (Lipinski definition) is 8. The molecule has 1 heterocycles. The van der Waals surface area contributed by atoms with E-state index < -0.39 is 33.5 Å². The van der Waals surface area contributed by atoms with Gasteiger partial charge in [-0.2, -0.15) is 10.0 Å². The first kappa shape index (κ1) is 22.7. The maximum absolute atomic E-state index is 12.2. The van der Waals surface area contributed by atoms with Gasteiger partial charge in [0.05, 0.1) is 17.3 Å². The van der Waals surface area contributed by atoms with E-state index in [-0.39, 0.29) is 43.4 Å². The molecule has 9 heteroatoms. The Morgan fingerprint density at radius 2 is 1.91 bits per heavy atom. The summed E-state index contributed by atoms with van der Waals surface area (Å²) in [5.74, 6) is -0.445. The van der Waals surface area contributed by atoms with Gasteiger partial charge in [0.1, 0.15) is 13.2 Å². The van der Waals surface area contributed by atoms with Gasteiger partial charge < -0.3 is 25.3 Å². The van der Waals surface area contributed by atoms with Gasteiger partial charge in [-0.15, -0.1) is 0 Å². The molecular formula is C23H35NO8. The summed E-state index contributed by atoms with van der Waals surface area (Å²) in [7, 11) is 0. The zero-order chi connectivity index (χ0) is 22.9. The molecule has 0 aromatic heterocycles. The van der Waals surface area contributed by atoms with Crippen molar-refractivity contribution in [3.63, 3.8) is 0 Å². The number of ether oxygens (including phenoxy) is 1. The van der Waals surface area contributed by atoms with Crippen LogP contribution in [0.25, 0.3) is 0 Å². The number of rotatable bonds is 4. The quantitative estimate of drug-likeness (QED) is 0.304. The lowest BCUT2D eigenvalue weighted by atomic mass is 9.41. The first-order valence-corrected chi connectivity index (χ1v) is 11.9. The maximum atomic E-state index is 12.2. The van der Waals surface area contributed by atoms with Crippen molar-refractivity contribution in [2.24, 2.45) is 28.6 Å². The van der Waals surface area contributed by atoms with Gasteiger partial charge in [0.25, 0.3) is 0 Å². The lowest BCUT2D eigenvalue weighted by Crippen LogP contribution is -3.04. The summed E-state index contributed by atoms with van der Waals surface area (Å²) >= 11 is 0. The fourth-order valence-electron chi connectivity index (χ4n) is 8.68. The number of quaternary nitrogens is 1. The summed E-state index contributed by atoms with van der Waals surface area (Å²) in [5, 5.41) is 53.4. The van der Waals surface area contributed by atoms with Crippen molar-refractivity contribution >= 4 is 5.97 Å². The summed E-state index contributed by atoms with van der Waals surface area (Å²) in [4.78, 5) is 16.8. The van der Waals surface area contributed by atoms with Crippen molar-refractivity contribution in [2.45, 2.75) is 82.0 Å². The van der Waals surface area contributed by atoms with E-state index in [0.717, 1.165) is 18.4 Å².